The molecular formula is C13H12ClF3N4OS. The van der Waals surface area contributed by atoms with Crippen LogP contribution in [0.25, 0.3) is 5.65 Å². The third kappa shape index (κ3) is 3.89. The average Bonchev–Trinajstić information content (AvgIpc) is 3.21. The van der Waals surface area contributed by atoms with Gasteiger partial charge in [0.25, 0.3) is 0 Å². The lowest BCUT2D eigenvalue weighted by molar-refractivity contribution is -0.137. The summed E-state index contributed by atoms with van der Waals surface area (Å²) in [5, 5.41) is 10.4. The number of nitrogens with zero attached hydrogens (tertiary/aromatic N) is 3. The van der Waals surface area contributed by atoms with Gasteiger partial charge in [0.15, 0.2) is 10.8 Å². The van der Waals surface area contributed by atoms with Gasteiger partial charge in [0.2, 0.25) is 5.91 Å². The predicted octanol–water partition coefficient (Wildman–Crippen LogP) is 3.02. The minimum atomic E-state index is -4.52. The molecule has 0 unspecified atom stereocenters. The molecule has 23 heavy (non-hydrogen) atoms. The smallest absolute Gasteiger partial charge is 0.355 e. The van der Waals surface area contributed by atoms with Crippen molar-refractivity contribution in [1.82, 2.24) is 19.9 Å². The number of rotatable bonds is 5. The number of hydrogen-bond donors (Lipinski definition) is 1. The maximum Gasteiger partial charge on any atom is 0.417 e. The number of halogens is 4. The topological polar surface area (TPSA) is 59.3 Å². The molecule has 1 N–H and O–H groups in total. The molecule has 2 aromatic heterocycles. The zero-order valence-electron chi connectivity index (χ0n) is 11.7. The van der Waals surface area contributed by atoms with E-state index < -0.39 is 11.7 Å². The van der Waals surface area contributed by atoms with Crippen molar-refractivity contribution in [2.45, 2.75) is 24.2 Å². The zero-order chi connectivity index (χ0) is 16.6. The first-order valence-corrected chi connectivity index (χ1v) is 8.22. The molecule has 3 rings (SSSR count). The lowest BCUT2D eigenvalue weighted by Gasteiger charge is -2.08. The Morgan fingerprint density at radius 2 is 2.17 bits per heavy atom. The van der Waals surface area contributed by atoms with Gasteiger partial charge in [-0.15, -0.1) is 10.2 Å². The molecule has 1 fully saturated rings. The fourth-order valence-electron chi connectivity index (χ4n) is 1.95. The Morgan fingerprint density at radius 1 is 1.43 bits per heavy atom. The van der Waals surface area contributed by atoms with Crippen LogP contribution in [0.2, 0.25) is 5.02 Å². The first kappa shape index (κ1) is 16.4. The Hall–Kier alpha value is -1.48. The van der Waals surface area contributed by atoms with Gasteiger partial charge < -0.3 is 5.32 Å². The number of fused-ring (bicyclic) bond motifs is 1. The fourth-order valence-corrected chi connectivity index (χ4v) is 2.93. The van der Waals surface area contributed by atoms with Gasteiger partial charge >= 0.3 is 6.18 Å². The number of thioether (sulfide) groups is 1. The summed E-state index contributed by atoms with van der Waals surface area (Å²) < 4.78 is 39.7. The van der Waals surface area contributed by atoms with Gasteiger partial charge in [-0.3, -0.25) is 9.20 Å². The summed E-state index contributed by atoms with van der Waals surface area (Å²) in [4.78, 5) is 11.7. The van der Waals surface area contributed by atoms with E-state index in [4.69, 9.17) is 11.6 Å². The average molecular weight is 365 g/mol. The number of hydrogen-bond acceptors (Lipinski definition) is 4. The summed E-state index contributed by atoms with van der Waals surface area (Å²) in [6.07, 6.45) is -1.39. The molecule has 10 heteroatoms. The third-order valence-corrected chi connectivity index (χ3v) is 4.59. The summed E-state index contributed by atoms with van der Waals surface area (Å²) in [5.74, 6) is 0.434. The van der Waals surface area contributed by atoms with E-state index in [-0.39, 0.29) is 27.5 Å². The van der Waals surface area contributed by atoms with Gasteiger partial charge in [0.05, 0.1) is 16.3 Å². The van der Waals surface area contributed by atoms with Crippen LogP contribution in [0.1, 0.15) is 18.4 Å². The van der Waals surface area contributed by atoms with Crippen molar-refractivity contribution in [1.29, 1.82) is 0 Å². The van der Waals surface area contributed by atoms with Crippen molar-refractivity contribution in [3.8, 4) is 0 Å². The van der Waals surface area contributed by atoms with Crippen LogP contribution in [-0.2, 0) is 11.0 Å². The van der Waals surface area contributed by atoms with Gasteiger partial charge in [-0.2, -0.15) is 13.2 Å². The summed E-state index contributed by atoms with van der Waals surface area (Å²) >= 11 is 6.84. The number of amides is 1. The normalized spacial score (nSPS) is 15.1. The van der Waals surface area contributed by atoms with Crippen LogP contribution in [0.15, 0.2) is 17.4 Å². The van der Waals surface area contributed by atoms with Gasteiger partial charge in [-0.05, 0) is 24.8 Å². The molecule has 0 radical (unpaired) electrons. The van der Waals surface area contributed by atoms with Crippen molar-refractivity contribution < 1.29 is 18.0 Å². The molecule has 1 amide bonds. The highest BCUT2D eigenvalue weighted by molar-refractivity contribution is 7.99. The van der Waals surface area contributed by atoms with E-state index in [0.717, 1.165) is 41.3 Å². The molecule has 1 saturated carbocycles. The Bertz CT molecular complexity index is 745. The van der Waals surface area contributed by atoms with E-state index in [1.165, 1.54) is 0 Å². The Labute approximate surface area is 138 Å². The van der Waals surface area contributed by atoms with Crippen molar-refractivity contribution >= 4 is 34.9 Å². The Morgan fingerprint density at radius 3 is 2.83 bits per heavy atom. The van der Waals surface area contributed by atoms with E-state index in [1.54, 1.807) is 0 Å². The fraction of sp³-hybridized carbons (Fsp3) is 0.462. The molecule has 0 saturated heterocycles. The maximum absolute atomic E-state index is 12.8. The van der Waals surface area contributed by atoms with Crippen molar-refractivity contribution in [3.05, 3.63) is 22.8 Å². The molecule has 2 aromatic rings. The summed E-state index contributed by atoms with van der Waals surface area (Å²) in [6, 6.07) is 0.808. The Kier molecular flexibility index (Phi) is 4.41. The largest absolute Gasteiger partial charge is 0.417 e. The molecule has 0 spiro atoms. The molecule has 1 aliphatic carbocycles. The van der Waals surface area contributed by atoms with E-state index in [9.17, 15) is 18.0 Å². The highest BCUT2D eigenvalue weighted by Gasteiger charge is 2.32. The summed E-state index contributed by atoms with van der Waals surface area (Å²) in [7, 11) is 0. The maximum atomic E-state index is 12.8. The first-order chi connectivity index (χ1) is 10.8. The number of aromatic nitrogens is 3. The SMILES string of the molecule is O=C(CSc1nnc2c(Cl)cc(C(F)(F)F)cn12)NCC1CC1. The highest BCUT2D eigenvalue weighted by atomic mass is 35.5. The van der Waals surface area contributed by atoms with Gasteiger partial charge in [0, 0.05) is 12.7 Å². The van der Waals surface area contributed by atoms with Crippen molar-refractivity contribution in [2.75, 3.05) is 12.3 Å². The van der Waals surface area contributed by atoms with Crippen LogP contribution in [-0.4, -0.2) is 32.8 Å². The van der Waals surface area contributed by atoms with E-state index in [0.29, 0.717) is 12.5 Å². The number of alkyl halides is 3. The first-order valence-electron chi connectivity index (χ1n) is 6.85. The number of carbonyl (C=O) groups excluding carboxylic acids is 1. The van der Waals surface area contributed by atoms with Crippen LogP contribution in [0.4, 0.5) is 13.2 Å². The number of nitrogens with one attached hydrogen (secondary N) is 1. The minimum Gasteiger partial charge on any atom is -0.355 e. The number of carbonyl (C=O) groups is 1. The van der Waals surface area contributed by atoms with E-state index in [2.05, 4.69) is 15.5 Å². The molecule has 124 valence electrons. The molecular weight excluding hydrogens is 353 g/mol. The van der Waals surface area contributed by atoms with Crippen LogP contribution in [0.5, 0.6) is 0 Å². The third-order valence-electron chi connectivity index (χ3n) is 3.37. The lowest BCUT2D eigenvalue weighted by atomic mass is 10.3. The van der Waals surface area contributed by atoms with Crippen LogP contribution in [0, 0.1) is 5.92 Å². The second-order valence-electron chi connectivity index (χ2n) is 5.29. The van der Waals surface area contributed by atoms with Gasteiger partial charge in [0.1, 0.15) is 0 Å². The summed E-state index contributed by atoms with van der Waals surface area (Å²) in [6.45, 7) is 0.643. The van der Waals surface area contributed by atoms with Crippen molar-refractivity contribution in [3.63, 3.8) is 0 Å². The Balaban J connectivity index is 1.75. The van der Waals surface area contributed by atoms with Crippen LogP contribution < -0.4 is 5.32 Å². The zero-order valence-corrected chi connectivity index (χ0v) is 13.3. The molecule has 0 aromatic carbocycles. The highest BCUT2D eigenvalue weighted by Crippen LogP contribution is 2.33. The van der Waals surface area contributed by atoms with Gasteiger partial charge in [-0.1, -0.05) is 23.4 Å². The predicted molar refractivity (Wildman–Crippen MR) is 79.5 cm³/mol. The van der Waals surface area contributed by atoms with Gasteiger partial charge in [-0.25, -0.2) is 0 Å². The molecule has 5 nitrogen and oxygen atoms in total. The molecule has 2 heterocycles. The molecule has 1 aliphatic rings. The standard InChI is InChI=1S/C13H12ClF3N4OS/c14-9-3-8(13(15,16)17)5-21-11(9)19-20-12(21)23-6-10(22)18-4-7-1-2-7/h3,5,7H,1-2,4,6H2,(H,18,22). The van der Waals surface area contributed by atoms with Crippen LogP contribution >= 0.6 is 23.4 Å². The quantitative estimate of drug-likeness (QED) is 0.828. The van der Waals surface area contributed by atoms with E-state index in [1.807, 2.05) is 0 Å². The molecule has 0 aliphatic heterocycles. The van der Waals surface area contributed by atoms with E-state index >= 15 is 0 Å². The molecule has 0 atom stereocenters. The lowest BCUT2D eigenvalue weighted by Crippen LogP contribution is -2.27. The monoisotopic (exact) mass is 364 g/mol. The second-order valence-corrected chi connectivity index (χ2v) is 6.64. The summed E-state index contributed by atoms with van der Waals surface area (Å²) in [5.41, 5.74) is -0.768. The second kappa shape index (κ2) is 6.20. The minimum absolute atomic E-state index is 0.0569. The van der Waals surface area contributed by atoms with Crippen LogP contribution in [0.3, 0.4) is 0 Å². The van der Waals surface area contributed by atoms with Crippen molar-refractivity contribution in [2.24, 2.45) is 5.92 Å². The molecule has 0 bridgehead atoms. The number of pyridine rings is 1.